The van der Waals surface area contributed by atoms with Crippen molar-refractivity contribution >= 4 is 23.5 Å². The molecule has 2 bridgehead atoms. The molecule has 45 heavy (non-hydrogen) atoms. The predicted molar refractivity (Wildman–Crippen MR) is 173 cm³/mol. The number of likely N-dealkylation sites (tertiary alicyclic amines) is 1. The van der Waals surface area contributed by atoms with Crippen LogP contribution in [0, 0.1) is 5.92 Å². The van der Waals surface area contributed by atoms with E-state index in [1.807, 2.05) is 46.7 Å². The average molecular weight is 623 g/mol. The first kappa shape index (κ1) is 31.6. The van der Waals surface area contributed by atoms with Crippen molar-refractivity contribution in [3.05, 3.63) is 30.0 Å². The molecule has 12 heteroatoms. The van der Waals surface area contributed by atoms with Gasteiger partial charge >= 0.3 is 6.09 Å². The van der Waals surface area contributed by atoms with Crippen LogP contribution in [0.5, 0.6) is 5.88 Å². The molecule has 4 aliphatic heterocycles. The number of carbonyl (C=O) groups is 2. The molecule has 2 amide bonds. The molecule has 12 nitrogen and oxygen atoms in total. The Kier molecular flexibility index (Phi) is 9.79. The number of amides is 2. The van der Waals surface area contributed by atoms with Crippen LogP contribution in [0.3, 0.4) is 0 Å². The Morgan fingerprint density at radius 3 is 2.67 bits per heavy atom. The fourth-order valence-corrected chi connectivity index (χ4v) is 7.34. The number of fused-ring (bicyclic) bond motifs is 3. The molecule has 2 aromatic rings. The first-order valence-corrected chi connectivity index (χ1v) is 16.8. The molecule has 6 rings (SSSR count). The summed E-state index contributed by atoms with van der Waals surface area (Å²) >= 11 is 0. The summed E-state index contributed by atoms with van der Waals surface area (Å²) in [5, 5.41) is 11.8. The average Bonchev–Trinajstić information content (AvgIpc) is 3.72. The fraction of sp³-hybridized carbons (Fsp3) is 0.697. The third-order valence-corrected chi connectivity index (χ3v) is 9.71. The summed E-state index contributed by atoms with van der Waals surface area (Å²) in [4.78, 5) is 36.5. The van der Waals surface area contributed by atoms with Crippen molar-refractivity contribution in [1.29, 1.82) is 0 Å². The van der Waals surface area contributed by atoms with Gasteiger partial charge in [0.1, 0.15) is 18.0 Å². The van der Waals surface area contributed by atoms with Crippen LogP contribution in [0.4, 0.5) is 10.6 Å². The number of nitrogens with one attached hydrogen (secondary N) is 2. The van der Waals surface area contributed by atoms with Gasteiger partial charge in [0.2, 0.25) is 11.8 Å². The molecule has 0 radical (unpaired) electrons. The Morgan fingerprint density at radius 2 is 1.96 bits per heavy atom. The molecule has 6 heterocycles. The topological polar surface area (TPSA) is 117 Å². The molecule has 0 spiro atoms. The lowest BCUT2D eigenvalue weighted by Gasteiger charge is -2.38. The van der Waals surface area contributed by atoms with E-state index in [1.54, 1.807) is 11.0 Å². The van der Waals surface area contributed by atoms with E-state index in [0.29, 0.717) is 37.2 Å². The van der Waals surface area contributed by atoms with Crippen LogP contribution in [-0.2, 0) is 9.53 Å². The fourth-order valence-electron chi connectivity index (χ4n) is 7.34. The number of anilines is 1. The van der Waals surface area contributed by atoms with Gasteiger partial charge in [-0.25, -0.2) is 4.79 Å². The minimum absolute atomic E-state index is 0.0181. The van der Waals surface area contributed by atoms with E-state index < -0.39 is 0 Å². The van der Waals surface area contributed by atoms with Gasteiger partial charge < -0.3 is 34.8 Å². The number of likely N-dealkylation sites (N-methyl/N-ethyl adjacent to an activating group) is 1. The molecule has 2 N–H and O–H groups in total. The lowest BCUT2D eigenvalue weighted by molar-refractivity contribution is -0.125. The molecular formula is C33H50N8O4. The molecule has 4 atom stereocenters. The Labute approximate surface area is 266 Å². The van der Waals surface area contributed by atoms with E-state index in [0.717, 1.165) is 81.7 Å². The van der Waals surface area contributed by atoms with E-state index >= 15 is 0 Å². The highest BCUT2D eigenvalue weighted by Gasteiger charge is 2.45. The quantitative estimate of drug-likeness (QED) is 0.384. The van der Waals surface area contributed by atoms with Crippen molar-refractivity contribution in [3.8, 4) is 5.88 Å². The van der Waals surface area contributed by atoms with E-state index in [1.165, 1.54) is 0 Å². The third kappa shape index (κ3) is 7.38. The van der Waals surface area contributed by atoms with Gasteiger partial charge in [-0.1, -0.05) is 19.9 Å². The van der Waals surface area contributed by atoms with Gasteiger partial charge in [-0.2, -0.15) is 14.6 Å². The molecule has 246 valence electrons. The second-order valence-corrected chi connectivity index (χ2v) is 13.8. The number of piperidine rings is 2. The molecule has 3 unspecified atom stereocenters. The number of carbonyl (C=O) groups excluding carboxylic acids is 2. The lowest BCUT2D eigenvalue weighted by atomic mass is 9.91. The van der Waals surface area contributed by atoms with Crippen molar-refractivity contribution in [3.63, 3.8) is 0 Å². The van der Waals surface area contributed by atoms with E-state index in [9.17, 15) is 9.59 Å². The van der Waals surface area contributed by atoms with Crippen molar-refractivity contribution in [2.75, 3.05) is 58.7 Å². The summed E-state index contributed by atoms with van der Waals surface area (Å²) in [5.41, 5.74) is 1.94. The lowest BCUT2D eigenvalue weighted by Crippen LogP contribution is -2.48. The predicted octanol–water partition coefficient (Wildman–Crippen LogP) is 3.49. The first-order chi connectivity index (χ1) is 21.7. The van der Waals surface area contributed by atoms with Gasteiger partial charge in [0.25, 0.3) is 0 Å². The van der Waals surface area contributed by atoms with Crippen molar-refractivity contribution in [1.82, 2.24) is 34.6 Å². The van der Waals surface area contributed by atoms with Gasteiger partial charge in [-0.15, -0.1) is 0 Å². The molecule has 2 aromatic heterocycles. The van der Waals surface area contributed by atoms with Crippen LogP contribution >= 0.6 is 0 Å². The number of aromatic nitrogens is 3. The van der Waals surface area contributed by atoms with Crippen LogP contribution in [0.15, 0.2) is 24.4 Å². The Balaban J connectivity index is 1.05. The maximum atomic E-state index is 13.4. The maximum absolute atomic E-state index is 13.4. The third-order valence-electron chi connectivity index (χ3n) is 9.71. The largest absolute Gasteiger partial charge is 0.473 e. The minimum Gasteiger partial charge on any atom is -0.473 e. The zero-order valence-electron chi connectivity index (χ0n) is 27.3. The van der Waals surface area contributed by atoms with E-state index in [2.05, 4.69) is 29.6 Å². The molecule has 0 saturated carbocycles. The van der Waals surface area contributed by atoms with Crippen molar-refractivity contribution < 1.29 is 19.1 Å². The molecule has 0 aromatic carbocycles. The SMILES string of the molecule is CC(C)c1cnn2c(NCC3CC4CCC(C3)N4C(=O)OC3CCN(C(=O)/C=C/CN(C)C)C3)cc(O[C@@H]3CCCNC3)nc12. The molecule has 0 aliphatic carbocycles. The number of nitrogens with zero attached hydrogens (tertiary/aromatic N) is 6. The zero-order chi connectivity index (χ0) is 31.5. The summed E-state index contributed by atoms with van der Waals surface area (Å²) in [6.07, 6.45) is 11.7. The Bertz CT molecular complexity index is 1360. The van der Waals surface area contributed by atoms with Crippen LogP contribution in [0.1, 0.15) is 70.3 Å². The van der Waals surface area contributed by atoms with E-state index in [-0.39, 0.29) is 36.3 Å². The zero-order valence-corrected chi connectivity index (χ0v) is 27.3. The Morgan fingerprint density at radius 1 is 1.16 bits per heavy atom. The summed E-state index contributed by atoms with van der Waals surface area (Å²) in [7, 11) is 3.94. The van der Waals surface area contributed by atoms with Crippen LogP contribution in [0.2, 0.25) is 0 Å². The molecule has 4 saturated heterocycles. The van der Waals surface area contributed by atoms with Crippen LogP contribution in [0.25, 0.3) is 5.65 Å². The summed E-state index contributed by atoms with van der Waals surface area (Å²) in [6.45, 7) is 8.77. The van der Waals surface area contributed by atoms with Crippen molar-refractivity contribution in [2.45, 2.75) is 89.0 Å². The number of hydrogen-bond donors (Lipinski definition) is 2. The second kappa shape index (κ2) is 13.9. The highest BCUT2D eigenvalue weighted by molar-refractivity contribution is 5.87. The molecule has 4 fully saturated rings. The smallest absolute Gasteiger partial charge is 0.410 e. The van der Waals surface area contributed by atoms with Gasteiger partial charge in [-0.3, -0.25) is 4.79 Å². The second-order valence-electron chi connectivity index (χ2n) is 13.8. The summed E-state index contributed by atoms with van der Waals surface area (Å²) in [5.74, 6) is 2.23. The summed E-state index contributed by atoms with van der Waals surface area (Å²) < 4.78 is 14.2. The minimum atomic E-state index is -0.248. The first-order valence-electron chi connectivity index (χ1n) is 16.8. The number of rotatable bonds is 10. The Hall–Kier alpha value is -3.38. The van der Waals surface area contributed by atoms with Gasteiger partial charge in [0.05, 0.1) is 12.7 Å². The monoisotopic (exact) mass is 622 g/mol. The van der Waals surface area contributed by atoms with Gasteiger partial charge in [0.15, 0.2) is 5.65 Å². The normalized spacial score (nSPS) is 26.8. The standard InChI is InChI=1S/C33H50N8O4/c1-22(2)28-20-36-41-29(17-30(37-32(28)41)44-26-7-5-12-34-19-26)35-18-23-15-24-9-10-25(16-23)40(24)33(43)45-27-11-14-39(21-27)31(42)8-6-13-38(3)4/h6,8,17,20,22-27,34-35H,5,7,9-16,18-19,21H2,1-4H3/b8-6+/t23?,24?,25?,26-,27?/m1/s1. The molecular weight excluding hydrogens is 572 g/mol. The number of ether oxygens (including phenoxy) is 2. The highest BCUT2D eigenvalue weighted by Crippen LogP contribution is 2.39. The maximum Gasteiger partial charge on any atom is 0.410 e. The molecule has 4 aliphatic rings. The van der Waals surface area contributed by atoms with Crippen LogP contribution < -0.4 is 15.4 Å². The highest BCUT2D eigenvalue weighted by atomic mass is 16.6. The van der Waals surface area contributed by atoms with E-state index in [4.69, 9.17) is 14.5 Å². The number of hydrogen-bond acceptors (Lipinski definition) is 9. The van der Waals surface area contributed by atoms with Gasteiger partial charge in [-0.05, 0) is 71.0 Å². The van der Waals surface area contributed by atoms with Crippen molar-refractivity contribution in [2.24, 2.45) is 5.92 Å². The summed E-state index contributed by atoms with van der Waals surface area (Å²) in [6, 6.07) is 2.35. The van der Waals surface area contributed by atoms with Crippen LogP contribution in [-0.4, -0.2) is 119 Å². The van der Waals surface area contributed by atoms with Gasteiger partial charge in [0, 0.05) is 62.4 Å².